The normalized spacial score (nSPS) is 10.5. The third kappa shape index (κ3) is 3.15. The minimum Gasteiger partial charge on any atom is -0.330 e. The molecule has 0 aliphatic carbocycles. The van der Waals surface area contributed by atoms with Crippen molar-refractivity contribution in [3.63, 3.8) is 0 Å². The van der Waals surface area contributed by atoms with E-state index in [1.54, 1.807) is 6.20 Å². The molecule has 0 aliphatic rings. The summed E-state index contributed by atoms with van der Waals surface area (Å²) in [5.41, 5.74) is 10.9. The third-order valence-electron chi connectivity index (χ3n) is 3.41. The van der Waals surface area contributed by atoms with E-state index >= 15 is 0 Å². The van der Waals surface area contributed by atoms with E-state index in [-0.39, 0.29) is 0 Å². The summed E-state index contributed by atoms with van der Waals surface area (Å²) < 4.78 is 0. The molecular weight excluding hydrogens is 258 g/mol. The average Bonchev–Trinajstić information content (AvgIpc) is 2.57. The van der Waals surface area contributed by atoms with E-state index in [1.807, 2.05) is 30.5 Å². The molecule has 0 aliphatic heterocycles. The van der Waals surface area contributed by atoms with Crippen LogP contribution in [0.5, 0.6) is 0 Å². The second-order valence-electron chi connectivity index (χ2n) is 4.88. The lowest BCUT2D eigenvalue weighted by Crippen LogP contribution is -2.02. The van der Waals surface area contributed by atoms with Crippen LogP contribution in [0.25, 0.3) is 22.5 Å². The summed E-state index contributed by atoms with van der Waals surface area (Å²) in [7, 11) is 0. The highest BCUT2D eigenvalue weighted by Gasteiger charge is 2.02. The quantitative estimate of drug-likeness (QED) is 0.794. The number of nitrogens with zero attached hydrogens (tertiary/aromatic N) is 2. The topological polar surface area (TPSA) is 51.8 Å². The molecule has 0 saturated carbocycles. The van der Waals surface area contributed by atoms with Gasteiger partial charge in [0.15, 0.2) is 0 Å². The molecule has 0 saturated heterocycles. The fourth-order valence-electron chi connectivity index (χ4n) is 2.26. The molecule has 21 heavy (non-hydrogen) atoms. The van der Waals surface area contributed by atoms with Gasteiger partial charge in [-0.25, -0.2) is 0 Å². The smallest absolute Gasteiger partial charge is 0.0886 e. The lowest BCUT2D eigenvalue weighted by Gasteiger charge is -2.05. The molecule has 3 heteroatoms. The maximum absolute atomic E-state index is 5.57. The highest BCUT2D eigenvalue weighted by Crippen LogP contribution is 2.22. The number of aromatic nitrogens is 2. The summed E-state index contributed by atoms with van der Waals surface area (Å²) in [6, 6.07) is 18.4. The number of benzene rings is 1. The van der Waals surface area contributed by atoms with Gasteiger partial charge in [-0.15, -0.1) is 0 Å². The van der Waals surface area contributed by atoms with E-state index in [9.17, 15) is 0 Å². The molecule has 3 aromatic rings. The Morgan fingerprint density at radius 3 is 2.14 bits per heavy atom. The molecule has 1 aromatic carbocycles. The largest absolute Gasteiger partial charge is 0.330 e. The zero-order chi connectivity index (χ0) is 14.5. The maximum Gasteiger partial charge on any atom is 0.0886 e. The molecular formula is C18H17N3. The average molecular weight is 275 g/mol. The molecule has 2 heterocycles. The van der Waals surface area contributed by atoms with E-state index in [2.05, 4.69) is 40.3 Å². The van der Waals surface area contributed by atoms with Gasteiger partial charge in [0.2, 0.25) is 0 Å². The van der Waals surface area contributed by atoms with Crippen molar-refractivity contribution in [1.82, 2.24) is 9.97 Å². The monoisotopic (exact) mass is 275 g/mol. The van der Waals surface area contributed by atoms with Crippen LogP contribution in [0, 0.1) is 0 Å². The molecule has 2 N–H and O–H groups in total. The molecule has 3 rings (SSSR count). The molecule has 2 aromatic heterocycles. The standard InChI is InChI=1S/C18H17N3/c19-11-10-14-4-6-15(7-5-14)16-8-9-18(21-13-16)17-3-1-2-12-20-17/h1-9,12-13H,10-11,19H2. The predicted octanol–water partition coefficient (Wildman–Crippen LogP) is 3.31. The molecule has 0 spiro atoms. The van der Waals surface area contributed by atoms with Gasteiger partial charge in [-0.1, -0.05) is 36.4 Å². The highest BCUT2D eigenvalue weighted by atomic mass is 14.8. The van der Waals surface area contributed by atoms with Crippen molar-refractivity contribution in [3.05, 3.63) is 72.6 Å². The van der Waals surface area contributed by atoms with Crippen LogP contribution >= 0.6 is 0 Å². The van der Waals surface area contributed by atoms with Crippen LogP contribution in [0.2, 0.25) is 0 Å². The van der Waals surface area contributed by atoms with Crippen molar-refractivity contribution >= 4 is 0 Å². The maximum atomic E-state index is 5.57. The molecule has 0 radical (unpaired) electrons. The van der Waals surface area contributed by atoms with E-state index in [0.717, 1.165) is 28.9 Å². The summed E-state index contributed by atoms with van der Waals surface area (Å²) in [6.07, 6.45) is 4.58. The van der Waals surface area contributed by atoms with Gasteiger partial charge in [0.05, 0.1) is 11.4 Å². The Morgan fingerprint density at radius 1 is 0.762 bits per heavy atom. The Bertz CT molecular complexity index is 689. The van der Waals surface area contributed by atoms with Crippen LogP contribution < -0.4 is 5.73 Å². The van der Waals surface area contributed by atoms with Crippen molar-refractivity contribution in [1.29, 1.82) is 0 Å². The van der Waals surface area contributed by atoms with Crippen molar-refractivity contribution in [2.24, 2.45) is 5.73 Å². The van der Waals surface area contributed by atoms with Crippen LogP contribution in [-0.2, 0) is 6.42 Å². The first-order chi connectivity index (χ1) is 10.4. The third-order valence-corrected chi connectivity index (χ3v) is 3.41. The zero-order valence-electron chi connectivity index (χ0n) is 11.7. The molecule has 3 nitrogen and oxygen atoms in total. The second kappa shape index (κ2) is 6.29. The Balaban J connectivity index is 1.84. The fourth-order valence-corrected chi connectivity index (χ4v) is 2.26. The SMILES string of the molecule is NCCc1ccc(-c2ccc(-c3ccccn3)nc2)cc1. The number of hydrogen-bond donors (Lipinski definition) is 1. The van der Waals surface area contributed by atoms with Crippen LogP contribution in [0.4, 0.5) is 0 Å². The Kier molecular flexibility index (Phi) is 4.03. The van der Waals surface area contributed by atoms with Gasteiger partial charge in [0, 0.05) is 18.0 Å². The Morgan fingerprint density at radius 2 is 1.52 bits per heavy atom. The lowest BCUT2D eigenvalue weighted by molar-refractivity contribution is 0.969. The Hall–Kier alpha value is -2.52. The van der Waals surface area contributed by atoms with E-state index < -0.39 is 0 Å². The second-order valence-corrected chi connectivity index (χ2v) is 4.88. The van der Waals surface area contributed by atoms with Gasteiger partial charge >= 0.3 is 0 Å². The minimum absolute atomic E-state index is 0.680. The van der Waals surface area contributed by atoms with Crippen LogP contribution in [0.1, 0.15) is 5.56 Å². The van der Waals surface area contributed by atoms with Crippen LogP contribution in [0.15, 0.2) is 67.0 Å². The first kappa shape index (κ1) is 13.5. The fraction of sp³-hybridized carbons (Fsp3) is 0.111. The number of nitrogens with two attached hydrogens (primary N) is 1. The van der Waals surface area contributed by atoms with E-state index in [1.165, 1.54) is 5.56 Å². The van der Waals surface area contributed by atoms with Crippen molar-refractivity contribution in [2.75, 3.05) is 6.54 Å². The first-order valence-corrected chi connectivity index (χ1v) is 7.03. The molecule has 0 bridgehead atoms. The minimum atomic E-state index is 0.680. The van der Waals surface area contributed by atoms with Crippen molar-refractivity contribution in [2.45, 2.75) is 6.42 Å². The van der Waals surface area contributed by atoms with Gasteiger partial charge in [-0.3, -0.25) is 9.97 Å². The molecule has 104 valence electrons. The van der Waals surface area contributed by atoms with Crippen LogP contribution in [-0.4, -0.2) is 16.5 Å². The summed E-state index contributed by atoms with van der Waals surface area (Å²) in [5, 5.41) is 0. The molecule has 0 fully saturated rings. The van der Waals surface area contributed by atoms with Gasteiger partial charge < -0.3 is 5.73 Å². The molecule has 0 amide bonds. The van der Waals surface area contributed by atoms with Gasteiger partial charge in [-0.2, -0.15) is 0 Å². The van der Waals surface area contributed by atoms with Gasteiger partial charge in [0.25, 0.3) is 0 Å². The predicted molar refractivity (Wildman–Crippen MR) is 85.7 cm³/mol. The Labute approximate surface area is 124 Å². The van der Waals surface area contributed by atoms with Gasteiger partial charge in [0.1, 0.15) is 0 Å². The molecule has 0 atom stereocenters. The summed E-state index contributed by atoms with van der Waals surface area (Å²) in [5.74, 6) is 0. The van der Waals surface area contributed by atoms with Crippen molar-refractivity contribution in [3.8, 4) is 22.5 Å². The highest BCUT2D eigenvalue weighted by molar-refractivity contribution is 5.65. The molecule has 0 unspecified atom stereocenters. The van der Waals surface area contributed by atoms with Gasteiger partial charge in [-0.05, 0) is 42.3 Å². The first-order valence-electron chi connectivity index (χ1n) is 7.03. The number of pyridine rings is 2. The summed E-state index contributed by atoms with van der Waals surface area (Å²) in [6.45, 7) is 0.680. The summed E-state index contributed by atoms with van der Waals surface area (Å²) >= 11 is 0. The van der Waals surface area contributed by atoms with Crippen LogP contribution in [0.3, 0.4) is 0 Å². The van der Waals surface area contributed by atoms with Crippen molar-refractivity contribution < 1.29 is 0 Å². The van der Waals surface area contributed by atoms with E-state index in [0.29, 0.717) is 6.54 Å². The zero-order valence-corrected chi connectivity index (χ0v) is 11.7. The lowest BCUT2D eigenvalue weighted by atomic mass is 10.0. The van der Waals surface area contributed by atoms with E-state index in [4.69, 9.17) is 5.73 Å². The number of hydrogen-bond acceptors (Lipinski definition) is 3. The number of rotatable bonds is 4. The summed E-state index contributed by atoms with van der Waals surface area (Å²) in [4.78, 5) is 8.81.